The molecule has 6 nitrogen and oxygen atoms in total. The summed E-state index contributed by atoms with van der Waals surface area (Å²) in [6, 6.07) is 11.9. The van der Waals surface area contributed by atoms with Crippen LogP contribution in [0.3, 0.4) is 0 Å². The molecule has 5 rings (SSSR count). The van der Waals surface area contributed by atoms with Crippen LogP contribution < -0.4 is 0 Å². The lowest BCUT2D eigenvalue weighted by Gasteiger charge is -2.24. The first-order chi connectivity index (χ1) is 12.8. The van der Waals surface area contributed by atoms with Crippen molar-refractivity contribution in [2.45, 2.75) is 31.2 Å². The zero-order chi connectivity index (χ0) is 17.4. The van der Waals surface area contributed by atoms with E-state index in [1.807, 2.05) is 36.4 Å². The van der Waals surface area contributed by atoms with Crippen LogP contribution in [0.15, 0.2) is 53.3 Å². The maximum Gasteiger partial charge on any atom is 0.234 e. The number of hydrogen-bond donors (Lipinski definition) is 0. The minimum atomic E-state index is -0.0190. The SMILES string of the molecule is c1ccc(-c2noc([C@@]34CCC[C@@H]3CN(Cc3ncccn3)C4)n2)cc1. The van der Waals surface area contributed by atoms with Crippen LogP contribution in [0.4, 0.5) is 0 Å². The lowest BCUT2D eigenvalue weighted by atomic mass is 9.80. The molecule has 6 heteroatoms. The van der Waals surface area contributed by atoms with Crippen LogP contribution in [0, 0.1) is 5.92 Å². The summed E-state index contributed by atoms with van der Waals surface area (Å²) < 4.78 is 5.79. The fraction of sp³-hybridized carbons (Fsp3) is 0.400. The quantitative estimate of drug-likeness (QED) is 0.722. The van der Waals surface area contributed by atoms with Gasteiger partial charge in [-0.1, -0.05) is 41.9 Å². The summed E-state index contributed by atoms with van der Waals surface area (Å²) in [5.74, 6) is 2.93. The van der Waals surface area contributed by atoms with Gasteiger partial charge in [0.15, 0.2) is 0 Å². The van der Waals surface area contributed by atoms with Gasteiger partial charge in [0.25, 0.3) is 0 Å². The summed E-state index contributed by atoms with van der Waals surface area (Å²) in [4.78, 5) is 16.0. The molecule has 26 heavy (non-hydrogen) atoms. The molecular formula is C20H21N5O. The second-order valence-corrected chi connectivity index (χ2v) is 7.37. The van der Waals surface area contributed by atoms with Crippen LogP contribution in [-0.2, 0) is 12.0 Å². The van der Waals surface area contributed by atoms with Crippen molar-refractivity contribution in [1.29, 1.82) is 0 Å². The van der Waals surface area contributed by atoms with Crippen LogP contribution >= 0.6 is 0 Å². The Kier molecular flexibility index (Phi) is 3.78. The molecule has 1 aromatic carbocycles. The lowest BCUT2D eigenvalue weighted by Crippen LogP contribution is -2.32. The Hall–Kier alpha value is -2.60. The minimum absolute atomic E-state index is 0.0190. The zero-order valence-corrected chi connectivity index (χ0v) is 14.6. The van der Waals surface area contributed by atoms with E-state index in [0.29, 0.717) is 11.7 Å². The normalized spacial score (nSPS) is 25.5. The monoisotopic (exact) mass is 347 g/mol. The Balaban J connectivity index is 1.41. The molecule has 0 N–H and O–H groups in total. The molecule has 0 spiro atoms. The van der Waals surface area contributed by atoms with Crippen molar-refractivity contribution < 1.29 is 4.52 Å². The van der Waals surface area contributed by atoms with Crippen molar-refractivity contribution in [3.8, 4) is 11.4 Å². The average Bonchev–Trinajstić information content (AvgIpc) is 3.37. The van der Waals surface area contributed by atoms with Gasteiger partial charge < -0.3 is 4.52 Å². The van der Waals surface area contributed by atoms with E-state index in [9.17, 15) is 0 Å². The molecule has 3 heterocycles. The van der Waals surface area contributed by atoms with Crippen molar-refractivity contribution in [3.05, 3.63) is 60.5 Å². The highest BCUT2D eigenvalue weighted by atomic mass is 16.5. The molecular weight excluding hydrogens is 326 g/mol. The summed E-state index contributed by atoms with van der Waals surface area (Å²) in [7, 11) is 0. The Morgan fingerprint density at radius 2 is 1.96 bits per heavy atom. The zero-order valence-electron chi connectivity index (χ0n) is 14.6. The third-order valence-electron chi connectivity index (χ3n) is 5.81. The number of nitrogens with zero attached hydrogens (tertiary/aromatic N) is 5. The van der Waals surface area contributed by atoms with E-state index >= 15 is 0 Å². The Labute approximate surface area is 152 Å². The standard InChI is InChI=1S/C20H21N5O/c1-2-6-15(7-3-1)18-23-19(26-24-18)20-9-4-8-16(20)12-25(14-20)13-17-21-10-5-11-22-17/h1-3,5-7,10-11,16H,4,8-9,12-14H2/t16-,20-/m1/s1. The maximum atomic E-state index is 5.79. The van der Waals surface area contributed by atoms with Gasteiger partial charge in [-0.05, 0) is 24.8 Å². The van der Waals surface area contributed by atoms with Gasteiger partial charge in [-0.15, -0.1) is 0 Å². The van der Waals surface area contributed by atoms with Gasteiger partial charge >= 0.3 is 0 Å². The Bertz CT molecular complexity index is 881. The number of rotatable bonds is 4. The largest absolute Gasteiger partial charge is 0.338 e. The summed E-state index contributed by atoms with van der Waals surface area (Å²) in [6.45, 7) is 2.76. The molecule has 2 fully saturated rings. The summed E-state index contributed by atoms with van der Waals surface area (Å²) >= 11 is 0. The number of hydrogen-bond acceptors (Lipinski definition) is 6. The number of benzene rings is 1. The Morgan fingerprint density at radius 3 is 2.81 bits per heavy atom. The van der Waals surface area contributed by atoms with Gasteiger partial charge in [-0.25, -0.2) is 9.97 Å². The fourth-order valence-corrected chi connectivity index (χ4v) is 4.61. The second kappa shape index (κ2) is 6.29. The van der Waals surface area contributed by atoms with E-state index in [2.05, 4.69) is 20.0 Å². The predicted octanol–water partition coefficient (Wildman–Crippen LogP) is 3.08. The molecule has 0 bridgehead atoms. The molecule has 0 unspecified atom stereocenters. The number of fused-ring (bicyclic) bond motifs is 1. The number of likely N-dealkylation sites (tertiary alicyclic amines) is 1. The molecule has 3 aromatic rings. The summed E-state index contributed by atoms with van der Waals surface area (Å²) in [5.41, 5.74) is 0.982. The smallest absolute Gasteiger partial charge is 0.234 e. The molecule has 2 atom stereocenters. The maximum absolute atomic E-state index is 5.79. The van der Waals surface area contributed by atoms with E-state index in [1.54, 1.807) is 12.4 Å². The third-order valence-corrected chi connectivity index (χ3v) is 5.81. The highest BCUT2D eigenvalue weighted by Gasteiger charge is 2.54. The first-order valence-corrected chi connectivity index (χ1v) is 9.21. The summed E-state index contributed by atoms with van der Waals surface area (Å²) in [6.07, 6.45) is 7.16. The third kappa shape index (κ3) is 2.61. The van der Waals surface area contributed by atoms with Gasteiger partial charge in [0.05, 0.1) is 12.0 Å². The van der Waals surface area contributed by atoms with Gasteiger partial charge in [-0.3, -0.25) is 4.90 Å². The van der Waals surface area contributed by atoms with Crippen molar-refractivity contribution in [2.75, 3.05) is 13.1 Å². The van der Waals surface area contributed by atoms with Crippen LogP contribution in [0.5, 0.6) is 0 Å². The molecule has 0 radical (unpaired) electrons. The molecule has 0 amide bonds. The first-order valence-electron chi connectivity index (χ1n) is 9.21. The van der Waals surface area contributed by atoms with Gasteiger partial charge in [0, 0.05) is 31.0 Å². The van der Waals surface area contributed by atoms with Gasteiger partial charge in [0.1, 0.15) is 5.82 Å². The van der Waals surface area contributed by atoms with Crippen molar-refractivity contribution in [2.24, 2.45) is 5.92 Å². The lowest BCUT2D eigenvalue weighted by molar-refractivity contribution is 0.243. The molecule has 1 saturated carbocycles. The Morgan fingerprint density at radius 1 is 1.12 bits per heavy atom. The van der Waals surface area contributed by atoms with Crippen molar-refractivity contribution in [1.82, 2.24) is 25.0 Å². The van der Waals surface area contributed by atoms with Crippen molar-refractivity contribution >= 4 is 0 Å². The predicted molar refractivity (Wildman–Crippen MR) is 96.1 cm³/mol. The second-order valence-electron chi connectivity index (χ2n) is 7.37. The molecule has 132 valence electrons. The molecule has 2 aromatic heterocycles. The van der Waals surface area contributed by atoms with E-state index in [1.165, 1.54) is 12.8 Å². The van der Waals surface area contributed by atoms with E-state index in [0.717, 1.165) is 43.3 Å². The minimum Gasteiger partial charge on any atom is -0.338 e. The highest BCUT2D eigenvalue weighted by Crippen LogP contribution is 2.50. The first kappa shape index (κ1) is 15.6. The molecule has 1 saturated heterocycles. The van der Waals surface area contributed by atoms with Crippen LogP contribution in [0.1, 0.15) is 31.0 Å². The highest BCUT2D eigenvalue weighted by molar-refractivity contribution is 5.53. The van der Waals surface area contributed by atoms with Crippen LogP contribution in [-0.4, -0.2) is 38.1 Å². The van der Waals surface area contributed by atoms with E-state index < -0.39 is 0 Å². The van der Waals surface area contributed by atoms with Gasteiger partial charge in [0.2, 0.25) is 11.7 Å². The van der Waals surface area contributed by atoms with Gasteiger partial charge in [-0.2, -0.15) is 4.98 Å². The summed E-state index contributed by atoms with van der Waals surface area (Å²) in [5, 5.41) is 4.27. The topological polar surface area (TPSA) is 67.9 Å². The van der Waals surface area contributed by atoms with E-state index in [4.69, 9.17) is 9.51 Å². The molecule has 1 aliphatic carbocycles. The van der Waals surface area contributed by atoms with Crippen LogP contribution in [0.25, 0.3) is 11.4 Å². The van der Waals surface area contributed by atoms with E-state index in [-0.39, 0.29) is 5.41 Å². The molecule has 2 aliphatic rings. The molecule has 1 aliphatic heterocycles. The number of aromatic nitrogens is 4. The van der Waals surface area contributed by atoms with Crippen molar-refractivity contribution in [3.63, 3.8) is 0 Å². The fourth-order valence-electron chi connectivity index (χ4n) is 4.61. The van der Waals surface area contributed by atoms with Crippen LogP contribution in [0.2, 0.25) is 0 Å². The average molecular weight is 347 g/mol.